The lowest BCUT2D eigenvalue weighted by Crippen LogP contribution is -2.29. The van der Waals surface area contributed by atoms with E-state index in [-0.39, 0.29) is 18.0 Å². The third-order valence-corrected chi connectivity index (χ3v) is 5.16. The molecule has 7 heteroatoms. The molecule has 29 heavy (non-hydrogen) atoms. The molecule has 0 radical (unpaired) electrons. The second-order valence-electron chi connectivity index (χ2n) is 6.48. The Morgan fingerprint density at radius 1 is 1.00 bits per heavy atom. The van der Waals surface area contributed by atoms with Gasteiger partial charge in [-0.2, -0.15) is 5.10 Å². The predicted molar refractivity (Wildman–Crippen MR) is 115 cm³/mol. The predicted octanol–water partition coefficient (Wildman–Crippen LogP) is 3.98. The topological polar surface area (TPSA) is 76.9 Å². The molecule has 0 spiro atoms. The first kappa shape index (κ1) is 18.8. The number of hydrogen-bond donors (Lipinski definition) is 1. The van der Waals surface area contributed by atoms with Crippen molar-refractivity contribution in [2.45, 2.75) is 13.5 Å². The Kier molecular flexibility index (Phi) is 5.31. The second kappa shape index (κ2) is 8.20. The minimum atomic E-state index is -0.351. The summed E-state index contributed by atoms with van der Waals surface area (Å²) in [4.78, 5) is 29.1. The van der Waals surface area contributed by atoms with Crippen molar-refractivity contribution in [1.29, 1.82) is 0 Å². The van der Waals surface area contributed by atoms with Gasteiger partial charge in [0.05, 0.1) is 11.4 Å². The number of hydrogen-bond acceptors (Lipinski definition) is 5. The normalized spacial score (nSPS) is 10.7. The minimum absolute atomic E-state index is 0.182. The molecule has 0 atom stereocenters. The Hall–Kier alpha value is -3.58. The lowest BCUT2D eigenvalue weighted by molar-refractivity contribution is -0.117. The molecule has 0 unspecified atom stereocenters. The van der Waals surface area contributed by atoms with E-state index in [9.17, 15) is 9.59 Å². The number of aryl methyl sites for hydroxylation is 1. The van der Waals surface area contributed by atoms with Crippen LogP contribution in [0.25, 0.3) is 22.5 Å². The number of nitrogens with zero attached hydrogens (tertiary/aromatic N) is 3. The van der Waals surface area contributed by atoms with Gasteiger partial charge in [-0.05, 0) is 18.6 Å². The summed E-state index contributed by atoms with van der Waals surface area (Å²) in [7, 11) is 0. The molecule has 0 aliphatic carbocycles. The van der Waals surface area contributed by atoms with E-state index in [1.165, 1.54) is 17.4 Å². The number of aromatic nitrogens is 3. The fourth-order valence-electron chi connectivity index (χ4n) is 2.94. The van der Waals surface area contributed by atoms with Gasteiger partial charge < -0.3 is 5.32 Å². The first-order valence-electron chi connectivity index (χ1n) is 9.05. The number of anilines is 1. The van der Waals surface area contributed by atoms with Gasteiger partial charge in [0.1, 0.15) is 6.54 Å². The van der Waals surface area contributed by atoms with Crippen molar-refractivity contribution < 1.29 is 4.79 Å². The number of nitrogens with one attached hydrogen (secondary N) is 1. The quantitative estimate of drug-likeness (QED) is 0.548. The van der Waals surface area contributed by atoms with E-state index in [0.29, 0.717) is 10.8 Å². The number of carbonyl (C=O) groups is 1. The molecule has 1 amide bonds. The van der Waals surface area contributed by atoms with Gasteiger partial charge in [-0.1, -0.05) is 54.6 Å². The highest BCUT2D eigenvalue weighted by molar-refractivity contribution is 7.14. The summed E-state index contributed by atoms with van der Waals surface area (Å²) in [6.07, 6.45) is 0. The van der Waals surface area contributed by atoms with Crippen molar-refractivity contribution in [3.63, 3.8) is 0 Å². The van der Waals surface area contributed by atoms with Gasteiger partial charge in [0.2, 0.25) is 5.91 Å². The van der Waals surface area contributed by atoms with Crippen molar-refractivity contribution in [2.24, 2.45) is 0 Å². The molecule has 1 N–H and O–H groups in total. The van der Waals surface area contributed by atoms with Crippen LogP contribution in [0, 0.1) is 6.92 Å². The van der Waals surface area contributed by atoms with Gasteiger partial charge in [-0.25, -0.2) is 9.67 Å². The van der Waals surface area contributed by atoms with Crippen molar-refractivity contribution in [1.82, 2.24) is 14.8 Å². The molecule has 0 saturated heterocycles. The molecule has 0 aliphatic rings. The summed E-state index contributed by atoms with van der Waals surface area (Å²) in [5, 5.41) is 9.46. The maximum Gasteiger partial charge on any atom is 0.267 e. The molecular weight excluding hydrogens is 384 g/mol. The van der Waals surface area contributed by atoms with Gasteiger partial charge in [-0.15, -0.1) is 11.3 Å². The van der Waals surface area contributed by atoms with E-state index in [2.05, 4.69) is 15.4 Å². The average Bonchev–Trinajstić information content (AvgIpc) is 3.18. The first-order valence-corrected chi connectivity index (χ1v) is 9.93. The fourth-order valence-corrected chi connectivity index (χ4v) is 3.66. The zero-order valence-corrected chi connectivity index (χ0v) is 16.5. The molecule has 4 rings (SSSR count). The summed E-state index contributed by atoms with van der Waals surface area (Å²) in [5.74, 6) is -0.351. The van der Waals surface area contributed by atoms with Crippen molar-refractivity contribution in [3.05, 3.63) is 88.0 Å². The first-order chi connectivity index (χ1) is 14.1. The van der Waals surface area contributed by atoms with E-state index in [4.69, 9.17) is 0 Å². The van der Waals surface area contributed by atoms with Gasteiger partial charge in [0.15, 0.2) is 5.13 Å². The lowest BCUT2D eigenvalue weighted by Gasteiger charge is -2.07. The molecule has 6 nitrogen and oxygen atoms in total. The molecule has 2 heterocycles. The number of benzene rings is 2. The highest BCUT2D eigenvalue weighted by atomic mass is 32.1. The van der Waals surface area contributed by atoms with Gasteiger partial charge in [0.25, 0.3) is 5.56 Å². The van der Waals surface area contributed by atoms with Crippen molar-refractivity contribution in [2.75, 3.05) is 5.32 Å². The zero-order valence-electron chi connectivity index (χ0n) is 15.7. The van der Waals surface area contributed by atoms with E-state index in [1.807, 2.05) is 66.9 Å². The van der Waals surface area contributed by atoms with E-state index in [1.54, 1.807) is 6.07 Å². The zero-order chi connectivity index (χ0) is 20.2. The Morgan fingerprint density at radius 3 is 2.55 bits per heavy atom. The van der Waals surface area contributed by atoms with Crippen LogP contribution in [0.5, 0.6) is 0 Å². The molecule has 4 aromatic rings. The summed E-state index contributed by atoms with van der Waals surface area (Å²) < 4.78 is 1.16. The highest BCUT2D eigenvalue weighted by Gasteiger charge is 2.12. The number of thiazole rings is 1. The molecular formula is C22H18N4O2S. The fraction of sp³-hybridized carbons (Fsp3) is 0.0909. The van der Waals surface area contributed by atoms with Crippen LogP contribution in [0.3, 0.4) is 0 Å². The van der Waals surface area contributed by atoms with Crippen LogP contribution >= 0.6 is 11.3 Å². The standard InChI is InChI=1S/C22H18N4O2S/c1-15-7-5-6-10-17(15)19-14-29-22(23-19)24-20(27)13-26-21(28)12-11-18(25-26)16-8-3-2-4-9-16/h2-12,14H,13H2,1H3,(H,23,24,27). The van der Waals surface area contributed by atoms with E-state index in [0.717, 1.165) is 27.1 Å². The third kappa shape index (κ3) is 4.30. The number of amides is 1. The van der Waals surface area contributed by atoms with E-state index < -0.39 is 0 Å². The molecule has 0 bridgehead atoms. The van der Waals surface area contributed by atoms with Crippen LogP contribution in [0.1, 0.15) is 5.56 Å². The summed E-state index contributed by atoms with van der Waals surface area (Å²) in [5.41, 5.74) is 4.13. The third-order valence-electron chi connectivity index (χ3n) is 4.40. The van der Waals surface area contributed by atoms with Crippen LogP contribution < -0.4 is 10.9 Å². The Morgan fingerprint density at radius 2 is 1.76 bits per heavy atom. The smallest absolute Gasteiger partial charge is 0.267 e. The Balaban J connectivity index is 1.50. The monoisotopic (exact) mass is 402 g/mol. The van der Waals surface area contributed by atoms with Crippen molar-refractivity contribution >= 4 is 22.4 Å². The molecule has 2 aromatic carbocycles. The van der Waals surface area contributed by atoms with Crippen LogP contribution in [0.2, 0.25) is 0 Å². The molecule has 0 saturated carbocycles. The summed E-state index contributed by atoms with van der Waals surface area (Å²) in [6.45, 7) is 1.84. The average molecular weight is 402 g/mol. The van der Waals surface area contributed by atoms with Crippen LogP contribution in [-0.2, 0) is 11.3 Å². The van der Waals surface area contributed by atoms with Crippen LogP contribution in [0.15, 0.2) is 76.9 Å². The Bertz CT molecular complexity index is 1210. The number of carbonyl (C=O) groups excluding carboxylic acids is 1. The Labute approximate surface area is 171 Å². The molecule has 0 fully saturated rings. The van der Waals surface area contributed by atoms with Crippen molar-refractivity contribution in [3.8, 4) is 22.5 Å². The largest absolute Gasteiger partial charge is 0.300 e. The van der Waals surface area contributed by atoms with Crippen LogP contribution in [-0.4, -0.2) is 20.7 Å². The van der Waals surface area contributed by atoms with Gasteiger partial charge in [-0.3, -0.25) is 9.59 Å². The van der Waals surface area contributed by atoms with Gasteiger partial charge in [0, 0.05) is 22.6 Å². The van der Waals surface area contributed by atoms with Crippen LogP contribution in [0.4, 0.5) is 5.13 Å². The molecule has 0 aliphatic heterocycles. The molecule has 2 aromatic heterocycles. The van der Waals surface area contributed by atoms with Gasteiger partial charge >= 0.3 is 0 Å². The minimum Gasteiger partial charge on any atom is -0.300 e. The maximum absolute atomic E-state index is 12.5. The summed E-state index contributed by atoms with van der Waals surface area (Å²) >= 11 is 1.35. The number of rotatable bonds is 5. The summed E-state index contributed by atoms with van der Waals surface area (Å²) in [6, 6.07) is 20.5. The lowest BCUT2D eigenvalue weighted by atomic mass is 10.1. The second-order valence-corrected chi connectivity index (χ2v) is 7.34. The van der Waals surface area contributed by atoms with E-state index >= 15 is 0 Å². The molecule has 144 valence electrons. The SMILES string of the molecule is Cc1ccccc1-c1csc(NC(=O)Cn2nc(-c3ccccc3)ccc2=O)n1. The highest BCUT2D eigenvalue weighted by Crippen LogP contribution is 2.27. The maximum atomic E-state index is 12.5.